The van der Waals surface area contributed by atoms with Crippen LogP contribution in [0.1, 0.15) is 40.9 Å². The van der Waals surface area contributed by atoms with Crippen molar-refractivity contribution in [3.05, 3.63) is 93.5 Å². The molecule has 0 fully saturated rings. The Morgan fingerprint density at radius 3 is 2.45 bits per heavy atom. The number of hydrogen-bond donors (Lipinski definition) is 0. The van der Waals surface area contributed by atoms with E-state index in [-0.39, 0.29) is 17.4 Å². The molecule has 170 valence electrons. The fourth-order valence-electron chi connectivity index (χ4n) is 3.02. The topological polar surface area (TPSA) is 65.0 Å². The molecule has 0 aliphatic carbocycles. The molecule has 5 nitrogen and oxygen atoms in total. The monoisotopic (exact) mass is 507 g/mol. The second kappa shape index (κ2) is 11.6. The predicted octanol–water partition coefficient (Wildman–Crippen LogP) is 6.20. The Morgan fingerprint density at radius 2 is 1.76 bits per heavy atom. The van der Waals surface area contributed by atoms with Crippen molar-refractivity contribution in [1.82, 2.24) is 0 Å². The van der Waals surface area contributed by atoms with Crippen molar-refractivity contribution < 1.29 is 19.1 Å². The molecular formula is C27H26BrNO4. The number of carbonyl (C=O) groups is 2. The number of carbonyl (C=O) groups excluding carboxylic acids is 2. The average Bonchev–Trinajstić information content (AvgIpc) is 2.79. The minimum Gasteiger partial charge on any atom is -0.422 e. The first-order valence-corrected chi connectivity index (χ1v) is 11.5. The van der Waals surface area contributed by atoms with Crippen LogP contribution in [0.4, 0.5) is 0 Å². The van der Waals surface area contributed by atoms with E-state index in [4.69, 9.17) is 9.47 Å². The predicted molar refractivity (Wildman–Crippen MR) is 133 cm³/mol. The molecule has 33 heavy (non-hydrogen) atoms. The number of aliphatic imine (C=N–C) groups is 1. The van der Waals surface area contributed by atoms with Crippen LogP contribution in [-0.2, 0) is 11.2 Å². The molecule has 0 atom stereocenters. The quantitative estimate of drug-likeness (QED) is 0.207. The Balaban J connectivity index is 1.89. The summed E-state index contributed by atoms with van der Waals surface area (Å²) >= 11 is 3.45. The molecule has 0 bridgehead atoms. The number of ether oxygens (including phenoxy) is 2. The molecule has 0 radical (unpaired) electrons. The van der Waals surface area contributed by atoms with E-state index in [1.165, 1.54) is 5.56 Å². The average molecular weight is 508 g/mol. The molecule has 0 spiro atoms. The maximum absolute atomic E-state index is 12.8. The summed E-state index contributed by atoms with van der Waals surface area (Å²) in [5, 5.41) is 0. The molecule has 0 heterocycles. The normalized spacial score (nSPS) is 11.1. The largest absolute Gasteiger partial charge is 0.422 e. The lowest BCUT2D eigenvalue weighted by Crippen LogP contribution is -2.17. The van der Waals surface area contributed by atoms with Crippen LogP contribution in [0.15, 0.2) is 76.2 Å². The Bertz CT molecular complexity index is 1160. The highest BCUT2D eigenvalue weighted by atomic mass is 79.9. The van der Waals surface area contributed by atoms with Gasteiger partial charge in [-0.15, -0.1) is 0 Å². The van der Waals surface area contributed by atoms with Crippen molar-refractivity contribution in [1.29, 1.82) is 0 Å². The van der Waals surface area contributed by atoms with E-state index in [0.717, 1.165) is 12.0 Å². The highest BCUT2D eigenvalue weighted by molar-refractivity contribution is 9.10. The van der Waals surface area contributed by atoms with E-state index in [1.54, 1.807) is 50.4 Å². The minimum absolute atomic E-state index is 0.148. The Morgan fingerprint density at radius 1 is 1.00 bits per heavy atom. The molecule has 0 saturated carbocycles. The van der Waals surface area contributed by atoms with E-state index in [2.05, 4.69) is 20.9 Å². The van der Waals surface area contributed by atoms with Gasteiger partial charge in [-0.1, -0.05) is 77.8 Å². The number of aryl methyl sites for hydroxylation is 1. The second-order valence-electron chi connectivity index (χ2n) is 7.93. The number of rotatable bonds is 8. The number of benzene rings is 3. The zero-order valence-corrected chi connectivity index (χ0v) is 20.5. The van der Waals surface area contributed by atoms with Gasteiger partial charge in [0, 0.05) is 22.8 Å². The smallest absolute Gasteiger partial charge is 0.343 e. The Labute approximate surface area is 202 Å². The number of nitrogens with zero attached hydrogens (tertiary/aromatic N) is 1. The molecule has 0 aliphatic heterocycles. The lowest BCUT2D eigenvalue weighted by Gasteiger charge is -2.15. The van der Waals surface area contributed by atoms with Gasteiger partial charge in [-0.3, -0.25) is 9.79 Å². The zero-order valence-electron chi connectivity index (χ0n) is 18.9. The molecule has 0 amide bonds. The lowest BCUT2D eigenvalue weighted by atomic mass is 10.1. The van der Waals surface area contributed by atoms with E-state index >= 15 is 0 Å². The Kier molecular flexibility index (Phi) is 8.55. The first-order valence-electron chi connectivity index (χ1n) is 10.7. The minimum atomic E-state index is -0.536. The molecule has 0 N–H and O–H groups in total. The summed E-state index contributed by atoms with van der Waals surface area (Å²) in [6, 6.07) is 20.6. The van der Waals surface area contributed by atoms with Gasteiger partial charge in [0.15, 0.2) is 11.5 Å². The summed E-state index contributed by atoms with van der Waals surface area (Å²) < 4.78 is 12.0. The van der Waals surface area contributed by atoms with E-state index in [9.17, 15) is 9.59 Å². The van der Waals surface area contributed by atoms with E-state index in [1.807, 2.05) is 43.3 Å². The summed E-state index contributed by atoms with van der Waals surface area (Å²) in [6.07, 6.45) is 2.42. The summed E-state index contributed by atoms with van der Waals surface area (Å²) in [5.41, 5.74) is 3.08. The van der Waals surface area contributed by atoms with Crippen LogP contribution in [-0.4, -0.2) is 24.7 Å². The molecule has 0 aliphatic rings. The van der Waals surface area contributed by atoms with Crippen molar-refractivity contribution in [2.45, 2.75) is 27.2 Å². The Hall–Kier alpha value is -3.25. The van der Waals surface area contributed by atoms with Crippen molar-refractivity contribution in [2.75, 3.05) is 6.54 Å². The molecule has 3 aromatic carbocycles. The summed E-state index contributed by atoms with van der Waals surface area (Å²) in [7, 11) is 0. The molecule has 0 saturated heterocycles. The van der Waals surface area contributed by atoms with Gasteiger partial charge in [0.1, 0.15) is 0 Å². The van der Waals surface area contributed by atoms with Crippen LogP contribution >= 0.6 is 15.9 Å². The third-order valence-electron chi connectivity index (χ3n) is 4.78. The highest BCUT2D eigenvalue weighted by Gasteiger charge is 2.21. The summed E-state index contributed by atoms with van der Waals surface area (Å²) in [4.78, 5) is 29.7. The zero-order chi connectivity index (χ0) is 23.8. The standard InChI is InChI=1S/C27H26BrNO4/c1-18(2)26(30)33-25-22(17-29-13-12-20-9-5-4-6-10-20)15-23(28)16-24(25)32-27(31)21-11-7-8-19(3)14-21/h4-11,14-18H,12-13H2,1-3H3. The van der Waals surface area contributed by atoms with Crippen molar-refractivity contribution in [3.63, 3.8) is 0 Å². The lowest BCUT2D eigenvalue weighted by molar-refractivity contribution is -0.137. The third-order valence-corrected chi connectivity index (χ3v) is 5.24. The van der Waals surface area contributed by atoms with Gasteiger partial charge in [-0.25, -0.2) is 4.79 Å². The van der Waals surface area contributed by atoms with Gasteiger partial charge >= 0.3 is 11.9 Å². The fourth-order valence-corrected chi connectivity index (χ4v) is 3.47. The molecule has 6 heteroatoms. The SMILES string of the molecule is Cc1cccc(C(=O)Oc2cc(Br)cc(C=NCCc3ccccc3)c2OC(=O)C(C)C)c1. The molecular weight excluding hydrogens is 482 g/mol. The van der Waals surface area contributed by atoms with Gasteiger partial charge in [0.05, 0.1) is 11.5 Å². The number of esters is 2. The van der Waals surface area contributed by atoms with Crippen LogP contribution in [0.3, 0.4) is 0 Å². The van der Waals surface area contributed by atoms with Crippen LogP contribution < -0.4 is 9.47 Å². The fraction of sp³-hybridized carbons (Fsp3) is 0.222. The van der Waals surface area contributed by atoms with Gasteiger partial charge in [-0.05, 0) is 43.2 Å². The number of halogens is 1. The van der Waals surface area contributed by atoms with E-state index in [0.29, 0.717) is 22.1 Å². The van der Waals surface area contributed by atoms with Crippen molar-refractivity contribution in [3.8, 4) is 11.5 Å². The third kappa shape index (κ3) is 7.12. The molecule has 0 unspecified atom stereocenters. The van der Waals surface area contributed by atoms with Crippen LogP contribution in [0.5, 0.6) is 11.5 Å². The molecule has 0 aromatic heterocycles. The highest BCUT2D eigenvalue weighted by Crippen LogP contribution is 2.35. The first-order chi connectivity index (χ1) is 15.8. The summed E-state index contributed by atoms with van der Waals surface area (Å²) in [5.74, 6) is -0.998. The molecule has 3 rings (SSSR count). The van der Waals surface area contributed by atoms with Crippen molar-refractivity contribution in [2.24, 2.45) is 10.9 Å². The van der Waals surface area contributed by atoms with Crippen molar-refractivity contribution >= 4 is 34.1 Å². The van der Waals surface area contributed by atoms with Gasteiger partial charge in [0.25, 0.3) is 0 Å². The second-order valence-corrected chi connectivity index (χ2v) is 8.84. The maximum atomic E-state index is 12.8. The maximum Gasteiger partial charge on any atom is 0.343 e. The van der Waals surface area contributed by atoms with Crippen LogP contribution in [0.25, 0.3) is 0 Å². The van der Waals surface area contributed by atoms with Crippen LogP contribution in [0, 0.1) is 12.8 Å². The van der Waals surface area contributed by atoms with Gasteiger partial charge in [0.2, 0.25) is 0 Å². The van der Waals surface area contributed by atoms with Gasteiger partial charge in [-0.2, -0.15) is 0 Å². The first kappa shape index (κ1) is 24.4. The number of hydrogen-bond acceptors (Lipinski definition) is 5. The molecule has 3 aromatic rings. The summed E-state index contributed by atoms with van der Waals surface area (Å²) in [6.45, 7) is 5.95. The van der Waals surface area contributed by atoms with Gasteiger partial charge < -0.3 is 9.47 Å². The van der Waals surface area contributed by atoms with Crippen LogP contribution in [0.2, 0.25) is 0 Å². The van der Waals surface area contributed by atoms with E-state index < -0.39 is 11.9 Å².